The monoisotopic (exact) mass is 381 g/mol. The third-order valence-electron chi connectivity index (χ3n) is 2.78. The van der Waals surface area contributed by atoms with Crippen LogP contribution in [0, 0.1) is 0 Å². The summed E-state index contributed by atoms with van der Waals surface area (Å²) in [7, 11) is 3.66. The molecule has 0 amide bonds. The number of halogens is 2. The first-order chi connectivity index (χ1) is 8.22. The van der Waals surface area contributed by atoms with Gasteiger partial charge in [0.25, 0.3) is 0 Å². The fourth-order valence-corrected chi connectivity index (χ4v) is 2.03. The van der Waals surface area contributed by atoms with Crippen molar-refractivity contribution in [2.45, 2.75) is 6.54 Å². The standard InChI is InChI=1S/C12H16ClN3O.HI/c1-16-7-6-14-12(16)15-8-9-10(13)4-3-5-11(9)17-2;/h3-5H,6-8H2,1-2H3,(H,14,15);1H. The number of guanidine groups is 1. The number of hydrogen-bond donors (Lipinski definition) is 1. The number of nitrogens with one attached hydrogen (secondary N) is 1. The van der Waals surface area contributed by atoms with E-state index in [0.29, 0.717) is 11.6 Å². The molecule has 0 unspecified atom stereocenters. The van der Waals surface area contributed by atoms with Crippen molar-refractivity contribution < 1.29 is 4.74 Å². The molecule has 0 aliphatic carbocycles. The molecule has 0 atom stereocenters. The van der Waals surface area contributed by atoms with Gasteiger partial charge in [-0.1, -0.05) is 17.7 Å². The van der Waals surface area contributed by atoms with E-state index in [1.165, 1.54) is 0 Å². The molecule has 0 fully saturated rings. The average Bonchev–Trinajstić information content (AvgIpc) is 2.73. The zero-order valence-electron chi connectivity index (χ0n) is 10.4. The van der Waals surface area contributed by atoms with Gasteiger partial charge < -0.3 is 15.0 Å². The Balaban J connectivity index is 0.00000162. The van der Waals surface area contributed by atoms with Gasteiger partial charge in [-0.3, -0.25) is 4.99 Å². The fourth-order valence-electron chi connectivity index (χ4n) is 1.79. The third kappa shape index (κ3) is 3.41. The highest BCUT2D eigenvalue weighted by molar-refractivity contribution is 14.0. The minimum atomic E-state index is 0. The second-order valence-corrected chi connectivity index (χ2v) is 4.31. The highest BCUT2D eigenvalue weighted by Crippen LogP contribution is 2.25. The lowest BCUT2D eigenvalue weighted by Gasteiger charge is -2.17. The lowest BCUT2D eigenvalue weighted by atomic mass is 10.2. The SMILES string of the molecule is COc1cccc(Cl)c1CNC1=NCCN1C.I. The summed E-state index contributed by atoms with van der Waals surface area (Å²) in [6, 6.07) is 5.65. The minimum absolute atomic E-state index is 0. The summed E-state index contributed by atoms with van der Waals surface area (Å²) in [4.78, 5) is 6.45. The van der Waals surface area contributed by atoms with E-state index in [2.05, 4.69) is 15.2 Å². The molecular weight excluding hydrogens is 365 g/mol. The van der Waals surface area contributed by atoms with Crippen molar-refractivity contribution in [1.29, 1.82) is 0 Å². The molecule has 100 valence electrons. The van der Waals surface area contributed by atoms with Crippen LogP contribution in [0.3, 0.4) is 0 Å². The topological polar surface area (TPSA) is 36.9 Å². The molecule has 0 radical (unpaired) electrons. The molecule has 1 aliphatic heterocycles. The van der Waals surface area contributed by atoms with Crippen LogP contribution in [-0.4, -0.2) is 38.1 Å². The van der Waals surface area contributed by atoms with Crippen LogP contribution in [0.5, 0.6) is 5.75 Å². The highest BCUT2D eigenvalue weighted by atomic mass is 127. The van der Waals surface area contributed by atoms with E-state index >= 15 is 0 Å². The maximum Gasteiger partial charge on any atom is 0.194 e. The van der Waals surface area contributed by atoms with Crippen LogP contribution in [0.4, 0.5) is 0 Å². The Labute approximate surface area is 129 Å². The van der Waals surface area contributed by atoms with Crippen LogP contribution in [0.2, 0.25) is 5.02 Å². The first kappa shape index (κ1) is 15.4. The summed E-state index contributed by atoms with van der Waals surface area (Å²) >= 11 is 6.16. The number of methoxy groups -OCH3 is 1. The first-order valence-corrected chi connectivity index (χ1v) is 5.91. The molecule has 1 aromatic carbocycles. The molecular formula is C12H17ClIN3O. The number of nitrogens with zero attached hydrogens (tertiary/aromatic N) is 2. The Morgan fingerprint density at radius 3 is 2.89 bits per heavy atom. The van der Waals surface area contributed by atoms with Gasteiger partial charge in [-0.25, -0.2) is 0 Å². The van der Waals surface area contributed by atoms with Crippen molar-refractivity contribution in [2.75, 3.05) is 27.2 Å². The van der Waals surface area contributed by atoms with Gasteiger partial charge in [-0.2, -0.15) is 0 Å². The molecule has 1 N–H and O–H groups in total. The Bertz CT molecular complexity index is 439. The molecule has 4 nitrogen and oxygen atoms in total. The molecule has 18 heavy (non-hydrogen) atoms. The van der Waals surface area contributed by atoms with Gasteiger partial charge in [0.1, 0.15) is 5.75 Å². The molecule has 2 rings (SSSR count). The van der Waals surface area contributed by atoms with Gasteiger partial charge in [-0.05, 0) is 12.1 Å². The molecule has 0 saturated heterocycles. The van der Waals surface area contributed by atoms with Crippen LogP contribution >= 0.6 is 35.6 Å². The molecule has 1 aromatic rings. The molecule has 0 spiro atoms. The number of rotatable bonds is 3. The zero-order valence-corrected chi connectivity index (χ0v) is 13.5. The number of likely N-dealkylation sites (N-methyl/N-ethyl adjacent to an activating group) is 1. The maximum atomic E-state index is 6.16. The number of benzene rings is 1. The van der Waals surface area contributed by atoms with Crippen molar-refractivity contribution in [3.05, 3.63) is 28.8 Å². The van der Waals surface area contributed by atoms with Crippen LogP contribution in [-0.2, 0) is 6.54 Å². The average molecular weight is 382 g/mol. The van der Waals surface area contributed by atoms with Gasteiger partial charge in [0.2, 0.25) is 0 Å². The van der Waals surface area contributed by atoms with E-state index < -0.39 is 0 Å². The molecule has 6 heteroatoms. The lowest BCUT2D eigenvalue weighted by molar-refractivity contribution is 0.408. The largest absolute Gasteiger partial charge is 0.496 e. The van der Waals surface area contributed by atoms with Gasteiger partial charge >= 0.3 is 0 Å². The fraction of sp³-hybridized carbons (Fsp3) is 0.417. The van der Waals surface area contributed by atoms with Crippen LogP contribution < -0.4 is 10.1 Å². The normalized spacial score (nSPS) is 13.9. The molecule has 0 saturated carbocycles. The van der Waals surface area contributed by atoms with Crippen LogP contribution in [0.25, 0.3) is 0 Å². The van der Waals surface area contributed by atoms with Gasteiger partial charge in [0.05, 0.1) is 13.7 Å². The molecule has 0 aromatic heterocycles. The Kier molecular flexibility index (Phi) is 6.01. The molecule has 1 heterocycles. The van der Waals surface area contributed by atoms with Crippen molar-refractivity contribution in [2.24, 2.45) is 4.99 Å². The van der Waals surface area contributed by atoms with Crippen molar-refractivity contribution in [3.8, 4) is 5.75 Å². The Hall–Kier alpha value is -0.690. The van der Waals surface area contributed by atoms with E-state index in [-0.39, 0.29) is 24.0 Å². The van der Waals surface area contributed by atoms with E-state index in [4.69, 9.17) is 16.3 Å². The second kappa shape index (κ2) is 7.04. The number of hydrogen-bond acceptors (Lipinski definition) is 4. The smallest absolute Gasteiger partial charge is 0.194 e. The summed E-state index contributed by atoms with van der Waals surface area (Å²) in [5.41, 5.74) is 0.958. The van der Waals surface area contributed by atoms with Gasteiger partial charge in [-0.15, -0.1) is 24.0 Å². The summed E-state index contributed by atoms with van der Waals surface area (Å²) < 4.78 is 5.29. The van der Waals surface area contributed by atoms with Crippen molar-refractivity contribution >= 4 is 41.5 Å². The Morgan fingerprint density at radius 2 is 2.28 bits per heavy atom. The minimum Gasteiger partial charge on any atom is -0.496 e. The quantitative estimate of drug-likeness (QED) is 0.817. The summed E-state index contributed by atoms with van der Waals surface area (Å²) in [5.74, 6) is 1.71. The van der Waals surface area contributed by atoms with E-state index in [1.807, 2.05) is 25.2 Å². The maximum absolute atomic E-state index is 6.16. The van der Waals surface area contributed by atoms with Crippen LogP contribution in [0.1, 0.15) is 5.56 Å². The predicted molar refractivity (Wildman–Crippen MR) is 85.2 cm³/mol. The second-order valence-electron chi connectivity index (χ2n) is 3.90. The number of ether oxygens (including phenoxy) is 1. The number of aliphatic imine (C=N–C) groups is 1. The lowest BCUT2D eigenvalue weighted by Crippen LogP contribution is -2.35. The van der Waals surface area contributed by atoms with Crippen LogP contribution in [0.15, 0.2) is 23.2 Å². The Morgan fingerprint density at radius 1 is 1.50 bits per heavy atom. The van der Waals surface area contributed by atoms with E-state index in [1.54, 1.807) is 7.11 Å². The zero-order chi connectivity index (χ0) is 12.3. The summed E-state index contributed by atoms with van der Waals surface area (Å²) in [6.07, 6.45) is 0. The molecule has 1 aliphatic rings. The van der Waals surface area contributed by atoms with Crippen molar-refractivity contribution in [3.63, 3.8) is 0 Å². The molecule has 0 bridgehead atoms. The highest BCUT2D eigenvalue weighted by Gasteiger charge is 2.13. The first-order valence-electron chi connectivity index (χ1n) is 5.53. The van der Waals surface area contributed by atoms with E-state index in [9.17, 15) is 0 Å². The predicted octanol–water partition coefficient (Wildman–Crippen LogP) is 2.36. The third-order valence-corrected chi connectivity index (χ3v) is 3.13. The van der Waals surface area contributed by atoms with Gasteiger partial charge in [0, 0.05) is 30.7 Å². The summed E-state index contributed by atoms with van der Waals surface area (Å²) in [5, 5.41) is 3.98. The van der Waals surface area contributed by atoms with E-state index in [0.717, 1.165) is 30.4 Å². The summed E-state index contributed by atoms with van der Waals surface area (Å²) in [6.45, 7) is 2.42. The van der Waals surface area contributed by atoms with Crippen molar-refractivity contribution in [1.82, 2.24) is 10.2 Å². The van der Waals surface area contributed by atoms with Gasteiger partial charge in [0.15, 0.2) is 5.96 Å².